The Labute approximate surface area is 256 Å². The fourth-order valence-electron chi connectivity index (χ4n) is 5.42. The third-order valence-electron chi connectivity index (χ3n) is 7.89. The van der Waals surface area contributed by atoms with E-state index in [0.717, 1.165) is 50.3 Å². The molecule has 0 unspecified atom stereocenters. The first kappa shape index (κ1) is 29.5. The van der Waals surface area contributed by atoms with Crippen molar-refractivity contribution in [2.24, 2.45) is 0 Å². The molecule has 4 aromatic carbocycles. The lowest BCUT2D eigenvalue weighted by Gasteiger charge is -2.19. The van der Waals surface area contributed by atoms with Crippen molar-refractivity contribution < 1.29 is 22.2 Å². The molecule has 2 aromatic heterocycles. The molecule has 0 bridgehead atoms. The number of carbonyl (C=O) groups is 1. The fourth-order valence-corrected chi connectivity index (χ4v) is 5.92. The van der Waals surface area contributed by atoms with Crippen LogP contribution in [-0.2, 0) is 22.1 Å². The van der Waals surface area contributed by atoms with Crippen LogP contribution in [-0.4, -0.2) is 34.1 Å². The summed E-state index contributed by atoms with van der Waals surface area (Å²) in [6.07, 6.45) is 0.129. The lowest BCUT2D eigenvalue weighted by Crippen LogP contribution is -2.11. The zero-order valence-corrected chi connectivity index (χ0v) is 25.8. The SMILES string of the molecule is CC(C)(C)c1ccc2nc(-c3ccc(-c4cc5ccccc5o4)cc3)n(Cc3ccc(C(=O)CCCS(=O)(=O)O)cc3)c2c1. The Morgan fingerprint density at radius 2 is 1.59 bits per heavy atom. The van der Waals surface area contributed by atoms with Gasteiger partial charge < -0.3 is 8.98 Å². The monoisotopic (exact) mass is 606 g/mol. The number of ketones is 1. The number of carbonyl (C=O) groups excluding carboxylic acids is 1. The summed E-state index contributed by atoms with van der Waals surface area (Å²) < 4.78 is 39.2. The molecule has 8 heteroatoms. The molecule has 0 atom stereocenters. The predicted molar refractivity (Wildman–Crippen MR) is 175 cm³/mol. The maximum Gasteiger partial charge on any atom is 0.264 e. The van der Waals surface area contributed by atoms with Gasteiger partial charge in [0.15, 0.2) is 5.78 Å². The van der Waals surface area contributed by atoms with E-state index in [0.29, 0.717) is 12.1 Å². The maximum atomic E-state index is 12.6. The number of imidazole rings is 1. The molecule has 1 N–H and O–H groups in total. The molecule has 0 aliphatic carbocycles. The van der Waals surface area contributed by atoms with Crippen LogP contribution in [0.3, 0.4) is 0 Å². The Hall–Kier alpha value is -4.53. The molecule has 6 aromatic rings. The molecule has 0 spiro atoms. The first-order chi connectivity index (χ1) is 20.9. The zero-order valence-electron chi connectivity index (χ0n) is 24.9. The zero-order chi connectivity index (χ0) is 31.1. The average Bonchev–Trinajstić information content (AvgIpc) is 3.58. The normalized spacial score (nSPS) is 12.3. The summed E-state index contributed by atoms with van der Waals surface area (Å²) in [4.78, 5) is 17.6. The van der Waals surface area contributed by atoms with Gasteiger partial charge in [0.2, 0.25) is 0 Å². The first-order valence-corrected chi connectivity index (χ1v) is 16.2. The summed E-state index contributed by atoms with van der Waals surface area (Å²) in [5.41, 5.74) is 7.44. The van der Waals surface area contributed by atoms with E-state index in [2.05, 4.69) is 73.9 Å². The molecule has 224 valence electrons. The molecule has 44 heavy (non-hydrogen) atoms. The van der Waals surface area contributed by atoms with Crippen molar-refractivity contribution in [2.75, 3.05) is 5.75 Å². The van der Waals surface area contributed by atoms with E-state index in [4.69, 9.17) is 14.0 Å². The topological polar surface area (TPSA) is 102 Å². The van der Waals surface area contributed by atoms with E-state index in [9.17, 15) is 13.2 Å². The van der Waals surface area contributed by atoms with Crippen LogP contribution in [0.5, 0.6) is 0 Å². The number of aromatic nitrogens is 2. The van der Waals surface area contributed by atoms with E-state index in [1.165, 1.54) is 5.56 Å². The summed E-state index contributed by atoms with van der Waals surface area (Å²) in [6.45, 7) is 7.12. The molecular formula is C36H34N2O5S. The van der Waals surface area contributed by atoms with Crippen LogP contribution in [0.2, 0.25) is 0 Å². The van der Waals surface area contributed by atoms with Gasteiger partial charge in [-0.15, -0.1) is 0 Å². The van der Waals surface area contributed by atoms with Crippen LogP contribution in [0.4, 0.5) is 0 Å². The van der Waals surface area contributed by atoms with Crippen molar-refractivity contribution in [3.8, 4) is 22.7 Å². The first-order valence-electron chi connectivity index (χ1n) is 14.6. The molecule has 0 saturated heterocycles. The van der Waals surface area contributed by atoms with Gasteiger partial charge in [0, 0.05) is 35.0 Å². The summed E-state index contributed by atoms with van der Waals surface area (Å²) in [6, 6.07) is 32.1. The number of furan rings is 1. The Morgan fingerprint density at radius 3 is 2.27 bits per heavy atom. The number of hydrogen-bond acceptors (Lipinski definition) is 5. The Bertz CT molecular complexity index is 2050. The molecule has 6 rings (SSSR count). The maximum absolute atomic E-state index is 12.6. The predicted octanol–water partition coefficient (Wildman–Crippen LogP) is 8.31. The summed E-state index contributed by atoms with van der Waals surface area (Å²) in [5.74, 6) is 1.07. The number of benzene rings is 4. The van der Waals surface area contributed by atoms with Gasteiger partial charge in [0.25, 0.3) is 10.1 Å². The van der Waals surface area contributed by atoms with Gasteiger partial charge >= 0.3 is 0 Å². The average molecular weight is 607 g/mol. The highest BCUT2D eigenvalue weighted by molar-refractivity contribution is 7.85. The Kier molecular flexibility index (Phi) is 7.73. The lowest BCUT2D eigenvalue weighted by molar-refractivity contribution is 0.0982. The lowest BCUT2D eigenvalue weighted by atomic mass is 9.87. The number of fused-ring (bicyclic) bond motifs is 2. The second kappa shape index (κ2) is 11.5. The summed E-state index contributed by atoms with van der Waals surface area (Å²) in [5, 5.41) is 1.06. The van der Waals surface area contributed by atoms with Gasteiger partial charge in [0.05, 0.1) is 16.8 Å². The summed E-state index contributed by atoms with van der Waals surface area (Å²) in [7, 11) is -4.08. The van der Waals surface area contributed by atoms with Crippen molar-refractivity contribution in [3.05, 3.63) is 114 Å². The van der Waals surface area contributed by atoms with Crippen LogP contribution in [0.15, 0.2) is 101 Å². The van der Waals surface area contributed by atoms with Gasteiger partial charge in [-0.2, -0.15) is 8.42 Å². The van der Waals surface area contributed by atoms with Gasteiger partial charge in [0.1, 0.15) is 17.2 Å². The van der Waals surface area contributed by atoms with Gasteiger partial charge in [-0.05, 0) is 47.2 Å². The van der Waals surface area contributed by atoms with Crippen LogP contribution in [0.25, 0.3) is 44.7 Å². The van der Waals surface area contributed by atoms with Crippen LogP contribution >= 0.6 is 0 Å². The van der Waals surface area contributed by atoms with E-state index in [1.807, 2.05) is 36.4 Å². The largest absolute Gasteiger partial charge is 0.456 e. The van der Waals surface area contributed by atoms with Crippen molar-refractivity contribution in [1.82, 2.24) is 9.55 Å². The van der Waals surface area contributed by atoms with E-state index in [1.54, 1.807) is 12.1 Å². The van der Waals surface area contributed by atoms with E-state index in [-0.39, 0.29) is 24.0 Å². The molecule has 0 aliphatic heterocycles. The van der Waals surface area contributed by atoms with Gasteiger partial charge in [-0.25, -0.2) is 4.98 Å². The highest BCUT2D eigenvalue weighted by Gasteiger charge is 2.19. The van der Waals surface area contributed by atoms with Crippen molar-refractivity contribution in [1.29, 1.82) is 0 Å². The molecule has 0 amide bonds. The molecular weight excluding hydrogens is 572 g/mol. The molecule has 0 radical (unpaired) electrons. The van der Waals surface area contributed by atoms with Crippen LogP contribution in [0, 0.1) is 0 Å². The highest BCUT2D eigenvalue weighted by Crippen LogP contribution is 2.33. The molecule has 0 fully saturated rings. The van der Waals surface area contributed by atoms with Gasteiger partial charge in [-0.3, -0.25) is 9.35 Å². The fraction of sp³-hybridized carbons (Fsp3) is 0.222. The number of hydrogen-bond donors (Lipinski definition) is 1. The Morgan fingerprint density at radius 1 is 0.886 bits per heavy atom. The second-order valence-electron chi connectivity index (χ2n) is 12.2. The van der Waals surface area contributed by atoms with Crippen molar-refractivity contribution in [3.63, 3.8) is 0 Å². The third kappa shape index (κ3) is 6.37. The molecule has 7 nitrogen and oxygen atoms in total. The molecule has 0 aliphatic rings. The number of rotatable bonds is 9. The molecule has 0 saturated carbocycles. The van der Waals surface area contributed by atoms with E-state index < -0.39 is 15.9 Å². The van der Waals surface area contributed by atoms with Crippen LogP contribution in [0.1, 0.15) is 55.1 Å². The van der Waals surface area contributed by atoms with Crippen molar-refractivity contribution >= 4 is 37.9 Å². The highest BCUT2D eigenvalue weighted by atomic mass is 32.2. The standard InChI is InChI=1S/C36H34N2O5S/c1-36(2,3)29-18-19-30-31(22-29)38(23-24-10-12-25(13-11-24)32(39)8-6-20-44(40,41)42)35(37-30)27-16-14-26(15-17-27)34-21-28-7-4-5-9-33(28)43-34/h4-5,7,9-19,21-22H,6,8,20,23H2,1-3H3,(H,40,41,42). The smallest absolute Gasteiger partial charge is 0.264 e. The number of Topliss-reactive ketones (excluding diaryl/α,β-unsaturated/α-hetero) is 1. The van der Waals surface area contributed by atoms with Crippen molar-refractivity contribution in [2.45, 2.75) is 45.6 Å². The van der Waals surface area contributed by atoms with Gasteiger partial charge in [-0.1, -0.05) is 93.6 Å². The third-order valence-corrected chi connectivity index (χ3v) is 8.69. The minimum Gasteiger partial charge on any atom is -0.456 e. The Balaban J connectivity index is 1.33. The minimum atomic E-state index is -4.08. The number of para-hydroxylation sites is 1. The minimum absolute atomic E-state index is 0.0327. The number of nitrogens with zero attached hydrogens (tertiary/aromatic N) is 2. The summed E-state index contributed by atoms with van der Waals surface area (Å²) >= 11 is 0. The second-order valence-corrected chi connectivity index (χ2v) is 13.8. The quantitative estimate of drug-likeness (QED) is 0.131. The molecule has 2 heterocycles. The van der Waals surface area contributed by atoms with E-state index >= 15 is 0 Å². The van der Waals surface area contributed by atoms with Crippen LogP contribution < -0.4 is 0 Å².